The van der Waals surface area contributed by atoms with E-state index in [2.05, 4.69) is 5.10 Å². The molecule has 0 saturated heterocycles. The van der Waals surface area contributed by atoms with Crippen molar-refractivity contribution in [1.82, 2.24) is 9.78 Å². The smallest absolute Gasteiger partial charge is 0.281 e. The third-order valence-electron chi connectivity index (χ3n) is 3.40. The number of benzene rings is 2. The molecule has 0 unspecified atom stereocenters. The molecule has 0 N–H and O–H groups in total. The molecule has 7 heteroatoms. The molecule has 0 atom stereocenters. The number of non-ortho nitro benzene ring substituents is 1. The van der Waals surface area contributed by atoms with E-state index in [1.165, 1.54) is 6.07 Å². The topological polar surface area (TPSA) is 70.2 Å². The second kappa shape index (κ2) is 5.91. The highest BCUT2D eigenvalue weighted by atomic mass is 127. The van der Waals surface area contributed by atoms with Crippen molar-refractivity contribution in [1.29, 1.82) is 0 Å². The first-order chi connectivity index (χ1) is 10.6. The van der Waals surface area contributed by atoms with Gasteiger partial charge in [-0.15, -0.1) is 0 Å². The highest BCUT2D eigenvalue weighted by Crippen LogP contribution is 2.30. The number of nitrogens with zero attached hydrogens (tertiary/aromatic N) is 3. The van der Waals surface area contributed by atoms with Gasteiger partial charge in [0.25, 0.3) is 5.69 Å². The Labute approximate surface area is 140 Å². The largest absolute Gasteiger partial charge is 0.497 e. The van der Waals surface area contributed by atoms with Gasteiger partial charge in [-0.05, 0) is 46.4 Å². The van der Waals surface area contributed by atoms with Crippen molar-refractivity contribution >= 4 is 39.2 Å². The normalized spacial score (nSPS) is 10.8. The number of nitro groups is 1. The summed E-state index contributed by atoms with van der Waals surface area (Å²) in [5.41, 5.74) is 1.89. The molecular formula is C15H12IN3O3. The number of hydrogen-bond donors (Lipinski definition) is 0. The van der Waals surface area contributed by atoms with Crippen molar-refractivity contribution in [2.24, 2.45) is 0 Å². The van der Waals surface area contributed by atoms with Crippen molar-refractivity contribution in [3.8, 4) is 5.75 Å². The molecule has 0 amide bonds. The first kappa shape index (κ1) is 14.8. The van der Waals surface area contributed by atoms with E-state index in [9.17, 15) is 10.1 Å². The average molecular weight is 409 g/mol. The van der Waals surface area contributed by atoms with Gasteiger partial charge in [0.2, 0.25) is 0 Å². The summed E-state index contributed by atoms with van der Waals surface area (Å²) < 4.78 is 7.55. The van der Waals surface area contributed by atoms with Crippen LogP contribution >= 0.6 is 22.6 Å². The number of hydrogen-bond acceptors (Lipinski definition) is 4. The SMILES string of the molecule is COc1ccc(Cn2nc(I)c3c([N+](=O)[O-])cccc32)cc1. The van der Waals surface area contributed by atoms with Crippen LogP contribution in [0.2, 0.25) is 0 Å². The Balaban J connectivity index is 2.04. The van der Waals surface area contributed by atoms with Gasteiger partial charge in [-0.1, -0.05) is 18.2 Å². The van der Waals surface area contributed by atoms with E-state index in [1.807, 2.05) is 52.9 Å². The predicted octanol–water partition coefficient (Wildman–Crippen LogP) is 3.61. The molecule has 0 aliphatic rings. The van der Waals surface area contributed by atoms with Gasteiger partial charge in [0.05, 0.1) is 24.1 Å². The number of fused-ring (bicyclic) bond motifs is 1. The molecule has 112 valence electrons. The van der Waals surface area contributed by atoms with Gasteiger partial charge in [0, 0.05) is 6.07 Å². The second-order valence-electron chi connectivity index (χ2n) is 4.72. The van der Waals surface area contributed by atoms with Crippen molar-refractivity contribution in [3.63, 3.8) is 0 Å². The van der Waals surface area contributed by atoms with Crippen molar-refractivity contribution in [3.05, 3.63) is 61.8 Å². The summed E-state index contributed by atoms with van der Waals surface area (Å²) in [5, 5.41) is 16.2. The fourth-order valence-electron chi connectivity index (χ4n) is 2.34. The Bertz CT molecular complexity index is 843. The lowest BCUT2D eigenvalue weighted by atomic mass is 10.2. The molecule has 6 nitrogen and oxygen atoms in total. The van der Waals surface area contributed by atoms with E-state index < -0.39 is 0 Å². The molecule has 0 fully saturated rings. The van der Waals surface area contributed by atoms with Gasteiger partial charge in [-0.3, -0.25) is 14.8 Å². The maximum absolute atomic E-state index is 11.2. The minimum atomic E-state index is -0.371. The van der Waals surface area contributed by atoms with Gasteiger partial charge in [0.1, 0.15) is 14.8 Å². The summed E-state index contributed by atoms with van der Waals surface area (Å²) in [7, 11) is 1.62. The molecule has 1 aromatic heterocycles. The molecule has 1 heterocycles. The first-order valence-electron chi connectivity index (χ1n) is 6.52. The number of aromatic nitrogens is 2. The maximum Gasteiger partial charge on any atom is 0.281 e. The van der Waals surface area contributed by atoms with Crippen molar-refractivity contribution in [2.75, 3.05) is 7.11 Å². The number of rotatable bonds is 4. The summed E-state index contributed by atoms with van der Waals surface area (Å²) in [6.07, 6.45) is 0. The Morgan fingerprint density at radius 2 is 2.00 bits per heavy atom. The lowest BCUT2D eigenvalue weighted by molar-refractivity contribution is -0.383. The monoisotopic (exact) mass is 409 g/mol. The molecule has 0 aliphatic carbocycles. The van der Waals surface area contributed by atoms with Crippen LogP contribution in [0.25, 0.3) is 10.9 Å². The van der Waals surface area contributed by atoms with Gasteiger partial charge in [-0.25, -0.2) is 0 Å². The number of ether oxygens (including phenoxy) is 1. The third-order valence-corrected chi connectivity index (χ3v) is 4.16. The summed E-state index contributed by atoms with van der Waals surface area (Å²) in [6.45, 7) is 0.546. The van der Waals surface area contributed by atoms with Crippen LogP contribution in [-0.4, -0.2) is 21.8 Å². The molecule has 3 rings (SSSR count). The molecule has 0 radical (unpaired) electrons. The molecular weight excluding hydrogens is 397 g/mol. The van der Waals surface area contributed by atoms with Crippen LogP contribution in [0.5, 0.6) is 5.75 Å². The van der Waals surface area contributed by atoms with Crippen LogP contribution < -0.4 is 4.74 Å². The van der Waals surface area contributed by atoms with Crippen molar-refractivity contribution in [2.45, 2.75) is 6.54 Å². The molecule has 0 aliphatic heterocycles. The number of nitro benzene ring substituents is 1. The van der Waals surface area contributed by atoms with Crippen LogP contribution in [0, 0.1) is 13.8 Å². The first-order valence-corrected chi connectivity index (χ1v) is 7.60. The number of halogens is 1. The van der Waals surface area contributed by atoms with Gasteiger partial charge in [-0.2, -0.15) is 5.10 Å². The summed E-state index contributed by atoms with van der Waals surface area (Å²) in [4.78, 5) is 10.8. The van der Waals surface area contributed by atoms with E-state index in [0.717, 1.165) is 16.8 Å². The molecule has 22 heavy (non-hydrogen) atoms. The van der Waals surface area contributed by atoms with Crippen LogP contribution in [0.3, 0.4) is 0 Å². The van der Waals surface area contributed by atoms with Gasteiger partial charge >= 0.3 is 0 Å². The molecule has 0 spiro atoms. The Hall–Kier alpha value is -2.16. The Morgan fingerprint density at radius 1 is 1.27 bits per heavy atom. The Morgan fingerprint density at radius 3 is 2.64 bits per heavy atom. The quantitative estimate of drug-likeness (QED) is 0.375. The highest BCUT2D eigenvalue weighted by Gasteiger charge is 2.19. The maximum atomic E-state index is 11.2. The minimum absolute atomic E-state index is 0.0860. The third kappa shape index (κ3) is 2.63. The van der Waals surface area contributed by atoms with E-state index >= 15 is 0 Å². The van der Waals surface area contributed by atoms with Crippen molar-refractivity contribution < 1.29 is 9.66 Å². The summed E-state index contributed by atoms with van der Waals surface area (Å²) >= 11 is 2.04. The zero-order chi connectivity index (χ0) is 15.7. The van der Waals surface area contributed by atoms with Crippen LogP contribution in [-0.2, 0) is 6.54 Å². The molecule has 0 saturated carbocycles. The van der Waals surface area contributed by atoms with E-state index in [4.69, 9.17) is 4.74 Å². The van der Waals surface area contributed by atoms with E-state index in [0.29, 0.717) is 15.6 Å². The lowest BCUT2D eigenvalue weighted by Crippen LogP contribution is -2.01. The fraction of sp³-hybridized carbons (Fsp3) is 0.133. The lowest BCUT2D eigenvalue weighted by Gasteiger charge is -2.05. The van der Waals surface area contributed by atoms with E-state index in [1.54, 1.807) is 17.9 Å². The zero-order valence-electron chi connectivity index (χ0n) is 11.7. The minimum Gasteiger partial charge on any atom is -0.497 e. The average Bonchev–Trinajstić information content (AvgIpc) is 2.84. The summed E-state index contributed by atoms with van der Waals surface area (Å²) in [6, 6.07) is 12.7. The predicted molar refractivity (Wildman–Crippen MR) is 91.2 cm³/mol. The standard InChI is InChI=1S/C15H12IN3O3/c1-22-11-7-5-10(6-8-11)9-18-12-3-2-4-13(19(20)21)14(12)15(16)17-18/h2-8H,9H2,1H3. The van der Waals surface area contributed by atoms with Gasteiger partial charge in [0.15, 0.2) is 0 Å². The van der Waals surface area contributed by atoms with Gasteiger partial charge < -0.3 is 4.74 Å². The van der Waals surface area contributed by atoms with Crippen LogP contribution in [0.15, 0.2) is 42.5 Å². The van der Waals surface area contributed by atoms with E-state index in [-0.39, 0.29) is 10.6 Å². The summed E-state index contributed by atoms with van der Waals surface area (Å²) in [5.74, 6) is 0.791. The van der Waals surface area contributed by atoms with Crippen LogP contribution in [0.4, 0.5) is 5.69 Å². The molecule has 3 aromatic rings. The fourth-order valence-corrected chi connectivity index (χ4v) is 3.15. The number of methoxy groups -OCH3 is 1. The second-order valence-corrected chi connectivity index (χ2v) is 5.75. The molecule has 2 aromatic carbocycles. The van der Waals surface area contributed by atoms with Crippen LogP contribution in [0.1, 0.15) is 5.56 Å². The zero-order valence-corrected chi connectivity index (χ0v) is 13.9. The molecule has 0 bridgehead atoms. The Kier molecular flexibility index (Phi) is 3.97. The highest BCUT2D eigenvalue weighted by molar-refractivity contribution is 14.1.